The van der Waals surface area contributed by atoms with Crippen LogP contribution in [0.1, 0.15) is 35.1 Å². The number of fused-ring (bicyclic) bond motifs is 1. The number of benzene rings is 1. The Hall–Kier alpha value is -2.89. The van der Waals surface area contributed by atoms with Gasteiger partial charge in [0.2, 0.25) is 5.91 Å². The summed E-state index contributed by atoms with van der Waals surface area (Å²) < 4.78 is 1.79. The van der Waals surface area contributed by atoms with E-state index in [1.807, 2.05) is 42.0 Å². The molecule has 0 bridgehead atoms. The summed E-state index contributed by atoms with van der Waals surface area (Å²) in [6.45, 7) is 6.09. The summed E-state index contributed by atoms with van der Waals surface area (Å²) >= 11 is 0. The van der Waals surface area contributed by atoms with E-state index in [-0.39, 0.29) is 28.6 Å². The van der Waals surface area contributed by atoms with Gasteiger partial charge in [-0.15, -0.1) is 0 Å². The molecule has 4 rings (SSSR count). The van der Waals surface area contributed by atoms with Crippen LogP contribution in [-0.4, -0.2) is 52.4 Å². The van der Waals surface area contributed by atoms with Crippen molar-refractivity contribution >= 4 is 11.8 Å². The monoisotopic (exact) mass is 407 g/mol. The van der Waals surface area contributed by atoms with E-state index in [4.69, 9.17) is 0 Å². The SMILES string of the molecule is CC(=O)N1C[C@@H]2CN(C(=O)c3cc(=O)cc(C)n3C)C[C@]2(CCc2ccccc2)C1. The number of carbonyl (C=O) groups excluding carboxylic acids is 2. The van der Waals surface area contributed by atoms with E-state index >= 15 is 0 Å². The molecule has 2 amide bonds. The highest BCUT2D eigenvalue weighted by Crippen LogP contribution is 2.46. The van der Waals surface area contributed by atoms with Crippen molar-refractivity contribution in [2.75, 3.05) is 26.2 Å². The van der Waals surface area contributed by atoms with Crippen LogP contribution in [0.2, 0.25) is 0 Å². The highest BCUT2D eigenvalue weighted by Gasteiger charge is 2.53. The summed E-state index contributed by atoms with van der Waals surface area (Å²) in [5, 5.41) is 0. The Morgan fingerprint density at radius 3 is 2.43 bits per heavy atom. The van der Waals surface area contributed by atoms with Crippen LogP contribution < -0.4 is 5.43 Å². The number of hydrogen-bond acceptors (Lipinski definition) is 3. The van der Waals surface area contributed by atoms with Crippen molar-refractivity contribution in [3.63, 3.8) is 0 Å². The van der Waals surface area contributed by atoms with E-state index in [9.17, 15) is 14.4 Å². The summed E-state index contributed by atoms with van der Waals surface area (Å²) in [7, 11) is 1.82. The van der Waals surface area contributed by atoms with Crippen LogP contribution in [0.15, 0.2) is 47.3 Å². The summed E-state index contributed by atoms with van der Waals surface area (Å²) in [6.07, 6.45) is 1.86. The molecule has 0 radical (unpaired) electrons. The fourth-order valence-corrected chi connectivity index (χ4v) is 5.10. The molecular formula is C24H29N3O3. The molecule has 0 N–H and O–H groups in total. The number of nitrogens with zero attached hydrogens (tertiary/aromatic N) is 3. The molecule has 158 valence electrons. The lowest BCUT2D eigenvalue weighted by Gasteiger charge is -2.29. The quantitative estimate of drug-likeness (QED) is 0.781. The molecule has 2 aliphatic heterocycles. The average molecular weight is 408 g/mol. The second kappa shape index (κ2) is 7.74. The van der Waals surface area contributed by atoms with E-state index in [1.54, 1.807) is 17.6 Å². The molecule has 6 nitrogen and oxygen atoms in total. The molecule has 0 aliphatic carbocycles. The molecule has 0 unspecified atom stereocenters. The first-order valence-electron chi connectivity index (χ1n) is 10.6. The van der Waals surface area contributed by atoms with Crippen LogP contribution in [0.25, 0.3) is 0 Å². The number of likely N-dealkylation sites (tertiary alicyclic amines) is 2. The number of pyridine rings is 1. The number of amides is 2. The Labute approximate surface area is 177 Å². The van der Waals surface area contributed by atoms with Crippen LogP contribution in [0.3, 0.4) is 0 Å². The molecule has 1 aromatic carbocycles. The lowest BCUT2D eigenvalue weighted by Crippen LogP contribution is -2.39. The predicted molar refractivity (Wildman–Crippen MR) is 115 cm³/mol. The van der Waals surface area contributed by atoms with Crippen LogP contribution in [0, 0.1) is 18.3 Å². The van der Waals surface area contributed by atoms with Crippen molar-refractivity contribution in [2.45, 2.75) is 26.7 Å². The zero-order valence-electron chi connectivity index (χ0n) is 17.9. The predicted octanol–water partition coefficient (Wildman–Crippen LogP) is 2.25. The number of hydrogen-bond donors (Lipinski definition) is 0. The summed E-state index contributed by atoms with van der Waals surface area (Å²) in [5.74, 6) is 0.263. The number of aryl methyl sites for hydroxylation is 2. The molecule has 3 heterocycles. The smallest absolute Gasteiger partial charge is 0.270 e. The third-order valence-corrected chi connectivity index (χ3v) is 6.99. The van der Waals surface area contributed by atoms with Gasteiger partial charge in [-0.3, -0.25) is 14.4 Å². The molecule has 0 spiro atoms. The van der Waals surface area contributed by atoms with Gasteiger partial charge in [-0.05, 0) is 25.3 Å². The number of rotatable bonds is 4. The standard InChI is InChI=1S/C24H29N3O3/c1-17-11-21(29)12-22(25(17)3)23(30)27-14-20-13-26(18(2)28)15-24(20,16-27)10-9-19-7-5-4-6-8-19/h4-8,11-12,20H,9-10,13-16H2,1-3H3/t20-,24+/m1/s1. The first-order valence-corrected chi connectivity index (χ1v) is 10.6. The number of aromatic nitrogens is 1. The Kier molecular flexibility index (Phi) is 5.26. The third-order valence-electron chi connectivity index (χ3n) is 6.99. The third kappa shape index (κ3) is 3.66. The lowest BCUT2D eigenvalue weighted by atomic mass is 9.76. The van der Waals surface area contributed by atoms with E-state index in [2.05, 4.69) is 12.1 Å². The molecule has 2 aromatic rings. The Bertz CT molecular complexity index is 1030. The molecule has 1 aromatic heterocycles. The van der Waals surface area contributed by atoms with Gasteiger partial charge in [0.25, 0.3) is 5.91 Å². The van der Waals surface area contributed by atoms with Gasteiger partial charge >= 0.3 is 0 Å². The van der Waals surface area contributed by atoms with Crippen LogP contribution in [0.5, 0.6) is 0 Å². The molecular weight excluding hydrogens is 378 g/mol. The minimum atomic E-state index is -0.144. The molecule has 6 heteroatoms. The van der Waals surface area contributed by atoms with E-state index in [1.165, 1.54) is 11.6 Å². The van der Waals surface area contributed by atoms with Gasteiger partial charge in [0, 0.05) is 69.3 Å². The van der Waals surface area contributed by atoms with Crippen LogP contribution in [-0.2, 0) is 18.3 Å². The Morgan fingerprint density at radius 1 is 1.07 bits per heavy atom. The van der Waals surface area contributed by atoms with Crippen LogP contribution >= 0.6 is 0 Å². The van der Waals surface area contributed by atoms with Crippen molar-refractivity contribution in [1.29, 1.82) is 0 Å². The Balaban J connectivity index is 1.58. The van der Waals surface area contributed by atoms with Crippen molar-refractivity contribution < 1.29 is 9.59 Å². The van der Waals surface area contributed by atoms with Crippen molar-refractivity contribution in [1.82, 2.24) is 14.4 Å². The van der Waals surface area contributed by atoms with Gasteiger partial charge in [-0.25, -0.2) is 0 Å². The van der Waals surface area contributed by atoms with Gasteiger partial charge in [-0.1, -0.05) is 30.3 Å². The minimum absolute atomic E-state index is 0.0961. The fraction of sp³-hybridized carbons (Fsp3) is 0.458. The largest absolute Gasteiger partial charge is 0.344 e. The molecule has 30 heavy (non-hydrogen) atoms. The molecule has 2 saturated heterocycles. The zero-order chi connectivity index (χ0) is 21.5. The van der Waals surface area contributed by atoms with E-state index in [0.29, 0.717) is 31.9 Å². The summed E-state index contributed by atoms with van der Waals surface area (Å²) in [4.78, 5) is 41.2. The van der Waals surface area contributed by atoms with E-state index < -0.39 is 0 Å². The van der Waals surface area contributed by atoms with Crippen molar-refractivity contribution in [3.05, 3.63) is 69.6 Å². The maximum absolute atomic E-state index is 13.3. The first-order chi connectivity index (χ1) is 14.3. The lowest BCUT2D eigenvalue weighted by molar-refractivity contribution is -0.128. The second-order valence-corrected chi connectivity index (χ2v) is 8.91. The molecule has 2 aliphatic rings. The average Bonchev–Trinajstić information content (AvgIpc) is 3.24. The van der Waals surface area contributed by atoms with Gasteiger partial charge in [-0.2, -0.15) is 0 Å². The van der Waals surface area contributed by atoms with Gasteiger partial charge in [0.1, 0.15) is 5.69 Å². The maximum Gasteiger partial charge on any atom is 0.270 e. The number of carbonyl (C=O) groups is 2. The normalized spacial score (nSPS) is 23.0. The van der Waals surface area contributed by atoms with Gasteiger partial charge < -0.3 is 14.4 Å². The van der Waals surface area contributed by atoms with Gasteiger partial charge in [0.05, 0.1) is 0 Å². The van der Waals surface area contributed by atoms with E-state index in [0.717, 1.165) is 18.5 Å². The molecule has 2 fully saturated rings. The highest BCUT2D eigenvalue weighted by molar-refractivity contribution is 5.93. The fourth-order valence-electron chi connectivity index (χ4n) is 5.10. The maximum atomic E-state index is 13.3. The molecule has 2 atom stereocenters. The van der Waals surface area contributed by atoms with Crippen molar-refractivity contribution in [2.24, 2.45) is 18.4 Å². The zero-order valence-corrected chi connectivity index (χ0v) is 17.9. The summed E-state index contributed by atoms with van der Waals surface area (Å²) in [6, 6.07) is 13.3. The van der Waals surface area contributed by atoms with Crippen LogP contribution in [0.4, 0.5) is 0 Å². The minimum Gasteiger partial charge on any atom is -0.344 e. The van der Waals surface area contributed by atoms with Gasteiger partial charge in [0.15, 0.2) is 5.43 Å². The topological polar surface area (TPSA) is 62.6 Å². The van der Waals surface area contributed by atoms with Crippen molar-refractivity contribution in [3.8, 4) is 0 Å². The summed E-state index contributed by atoms with van der Waals surface area (Å²) in [5.41, 5.74) is 2.24. The highest BCUT2D eigenvalue weighted by atomic mass is 16.2. The Morgan fingerprint density at radius 2 is 1.73 bits per heavy atom. The molecule has 0 saturated carbocycles. The second-order valence-electron chi connectivity index (χ2n) is 8.91. The first kappa shape index (κ1) is 20.4.